The molecule has 3 nitrogen and oxygen atoms in total. The van der Waals surface area contributed by atoms with Gasteiger partial charge in [-0.05, 0) is 0 Å². The van der Waals surface area contributed by atoms with Crippen molar-refractivity contribution in [2.45, 2.75) is 6.10 Å². The Balaban J connectivity index is 2.34. The number of rotatable bonds is 1. The zero-order valence-corrected chi connectivity index (χ0v) is 5.00. The average molecular weight is 128 g/mol. The van der Waals surface area contributed by atoms with Crippen molar-refractivity contribution in [2.75, 3.05) is 13.2 Å². The van der Waals surface area contributed by atoms with Gasteiger partial charge in [0.15, 0.2) is 0 Å². The first kappa shape index (κ1) is 6.29. The molecule has 1 unspecified atom stereocenters. The van der Waals surface area contributed by atoms with Crippen LogP contribution >= 0.6 is 0 Å². The lowest BCUT2D eigenvalue weighted by Crippen LogP contribution is -2.30. The van der Waals surface area contributed by atoms with E-state index in [0.29, 0.717) is 6.61 Å². The van der Waals surface area contributed by atoms with E-state index in [1.807, 2.05) is 0 Å². The van der Waals surface area contributed by atoms with Gasteiger partial charge in [-0.3, -0.25) is 0 Å². The van der Waals surface area contributed by atoms with Gasteiger partial charge in [-0.2, -0.15) is 0 Å². The van der Waals surface area contributed by atoms with Crippen LogP contribution in [0.25, 0.3) is 0 Å². The van der Waals surface area contributed by atoms with Crippen LogP contribution in [0.3, 0.4) is 0 Å². The molecule has 1 aliphatic heterocycles. The SMILES string of the molecule is C=CC1COC(=O)CO1. The molecule has 0 saturated carbocycles. The summed E-state index contributed by atoms with van der Waals surface area (Å²) in [5.74, 6) is -0.298. The third-order valence-electron chi connectivity index (χ3n) is 1.09. The molecule has 0 N–H and O–H groups in total. The van der Waals surface area contributed by atoms with Crippen molar-refractivity contribution in [3.05, 3.63) is 12.7 Å². The molecular formula is C6H8O3. The summed E-state index contributed by atoms with van der Waals surface area (Å²) >= 11 is 0. The Hall–Kier alpha value is -0.830. The van der Waals surface area contributed by atoms with Crippen molar-refractivity contribution in [3.63, 3.8) is 0 Å². The topological polar surface area (TPSA) is 35.5 Å². The summed E-state index contributed by atoms with van der Waals surface area (Å²) in [4.78, 5) is 10.3. The molecule has 1 saturated heterocycles. The van der Waals surface area contributed by atoms with Gasteiger partial charge >= 0.3 is 5.97 Å². The molecule has 1 aliphatic rings. The maximum Gasteiger partial charge on any atom is 0.332 e. The molecule has 9 heavy (non-hydrogen) atoms. The van der Waals surface area contributed by atoms with Gasteiger partial charge in [-0.25, -0.2) is 4.79 Å². The van der Waals surface area contributed by atoms with Gasteiger partial charge in [-0.15, -0.1) is 6.58 Å². The molecule has 0 aliphatic carbocycles. The number of carbonyl (C=O) groups excluding carboxylic acids is 1. The molecule has 3 heteroatoms. The van der Waals surface area contributed by atoms with E-state index in [1.165, 1.54) is 0 Å². The highest BCUT2D eigenvalue weighted by atomic mass is 16.6. The van der Waals surface area contributed by atoms with Crippen molar-refractivity contribution in [2.24, 2.45) is 0 Å². The van der Waals surface area contributed by atoms with E-state index in [-0.39, 0.29) is 18.7 Å². The monoisotopic (exact) mass is 128 g/mol. The molecule has 0 aromatic rings. The largest absolute Gasteiger partial charge is 0.461 e. The zero-order valence-electron chi connectivity index (χ0n) is 5.00. The first-order valence-electron chi connectivity index (χ1n) is 2.72. The van der Waals surface area contributed by atoms with Crippen LogP contribution in [-0.4, -0.2) is 25.3 Å². The van der Waals surface area contributed by atoms with Crippen LogP contribution in [-0.2, 0) is 14.3 Å². The van der Waals surface area contributed by atoms with Crippen LogP contribution in [0.1, 0.15) is 0 Å². The van der Waals surface area contributed by atoms with Gasteiger partial charge < -0.3 is 9.47 Å². The Bertz CT molecular complexity index is 120. The molecular weight excluding hydrogens is 120 g/mol. The summed E-state index contributed by atoms with van der Waals surface area (Å²) < 4.78 is 9.59. The second-order valence-electron chi connectivity index (χ2n) is 1.77. The van der Waals surface area contributed by atoms with Gasteiger partial charge in [0.05, 0.1) is 0 Å². The van der Waals surface area contributed by atoms with Gasteiger partial charge in [0.1, 0.15) is 19.3 Å². The molecule has 0 aromatic heterocycles. The Labute approximate surface area is 53.3 Å². The number of carbonyl (C=O) groups is 1. The highest BCUT2D eigenvalue weighted by molar-refractivity contribution is 5.71. The molecule has 1 heterocycles. The summed E-state index contributed by atoms with van der Waals surface area (Å²) in [6.45, 7) is 3.85. The van der Waals surface area contributed by atoms with Crippen LogP contribution in [0, 0.1) is 0 Å². The second kappa shape index (κ2) is 2.64. The Morgan fingerprint density at radius 1 is 1.78 bits per heavy atom. The highest BCUT2D eigenvalue weighted by Gasteiger charge is 2.16. The van der Waals surface area contributed by atoms with E-state index < -0.39 is 0 Å². The first-order valence-corrected chi connectivity index (χ1v) is 2.72. The van der Waals surface area contributed by atoms with E-state index in [9.17, 15) is 4.79 Å². The van der Waals surface area contributed by atoms with Crippen molar-refractivity contribution < 1.29 is 14.3 Å². The maximum absolute atomic E-state index is 10.3. The van der Waals surface area contributed by atoms with E-state index in [4.69, 9.17) is 4.74 Å². The number of hydrogen-bond donors (Lipinski definition) is 0. The normalized spacial score (nSPS) is 27.1. The fraction of sp³-hybridized carbons (Fsp3) is 0.500. The van der Waals surface area contributed by atoms with Gasteiger partial charge in [0, 0.05) is 0 Å². The number of hydrogen-bond acceptors (Lipinski definition) is 3. The molecule has 0 bridgehead atoms. The quantitative estimate of drug-likeness (QED) is 0.371. The molecule has 0 radical (unpaired) electrons. The third-order valence-corrected chi connectivity index (χ3v) is 1.09. The minimum atomic E-state index is -0.298. The summed E-state index contributed by atoms with van der Waals surface area (Å²) in [5.41, 5.74) is 0. The minimum absolute atomic E-state index is 0.0523. The van der Waals surface area contributed by atoms with Crippen LogP contribution in [0.2, 0.25) is 0 Å². The number of ether oxygens (including phenoxy) is 2. The molecule has 1 atom stereocenters. The molecule has 1 rings (SSSR count). The molecule has 0 amide bonds. The molecule has 0 aromatic carbocycles. The summed E-state index contributed by atoms with van der Waals surface area (Å²) in [7, 11) is 0. The Morgan fingerprint density at radius 2 is 2.56 bits per heavy atom. The van der Waals surface area contributed by atoms with Crippen molar-refractivity contribution in [3.8, 4) is 0 Å². The Morgan fingerprint density at radius 3 is 3.00 bits per heavy atom. The number of esters is 1. The van der Waals surface area contributed by atoms with Gasteiger partial charge in [0.2, 0.25) is 0 Å². The van der Waals surface area contributed by atoms with Crippen molar-refractivity contribution in [1.82, 2.24) is 0 Å². The highest BCUT2D eigenvalue weighted by Crippen LogP contribution is 2.01. The maximum atomic E-state index is 10.3. The fourth-order valence-electron chi connectivity index (χ4n) is 0.576. The van der Waals surface area contributed by atoms with Crippen LogP contribution in [0.15, 0.2) is 12.7 Å². The number of cyclic esters (lactones) is 1. The predicted molar refractivity (Wildman–Crippen MR) is 30.9 cm³/mol. The van der Waals surface area contributed by atoms with Gasteiger partial charge in [-0.1, -0.05) is 6.08 Å². The van der Waals surface area contributed by atoms with Crippen LogP contribution < -0.4 is 0 Å². The van der Waals surface area contributed by atoms with Crippen molar-refractivity contribution in [1.29, 1.82) is 0 Å². The van der Waals surface area contributed by atoms with E-state index >= 15 is 0 Å². The lowest BCUT2D eigenvalue weighted by Gasteiger charge is -2.18. The lowest BCUT2D eigenvalue weighted by molar-refractivity contribution is -0.164. The summed E-state index contributed by atoms with van der Waals surface area (Å²) in [6, 6.07) is 0. The average Bonchev–Trinajstić information content (AvgIpc) is 1.90. The summed E-state index contributed by atoms with van der Waals surface area (Å²) in [6.07, 6.45) is 1.51. The van der Waals surface area contributed by atoms with Crippen molar-refractivity contribution >= 4 is 5.97 Å². The first-order chi connectivity index (χ1) is 4.33. The smallest absolute Gasteiger partial charge is 0.332 e. The minimum Gasteiger partial charge on any atom is -0.461 e. The Kier molecular flexibility index (Phi) is 1.85. The van der Waals surface area contributed by atoms with Gasteiger partial charge in [0.25, 0.3) is 0 Å². The third kappa shape index (κ3) is 1.54. The zero-order chi connectivity index (χ0) is 6.69. The van der Waals surface area contributed by atoms with Crippen LogP contribution in [0.4, 0.5) is 0 Å². The summed E-state index contributed by atoms with van der Waals surface area (Å²) in [5, 5.41) is 0. The van der Waals surface area contributed by atoms with E-state index in [1.54, 1.807) is 6.08 Å². The fourth-order valence-corrected chi connectivity index (χ4v) is 0.576. The predicted octanol–water partition coefficient (Wildman–Crippen LogP) is 0.114. The standard InChI is InChI=1S/C6H8O3/c1-2-5-3-9-6(7)4-8-5/h2,5H,1,3-4H2. The molecule has 0 spiro atoms. The molecule has 50 valence electrons. The van der Waals surface area contributed by atoms with Crippen LogP contribution in [0.5, 0.6) is 0 Å². The second-order valence-corrected chi connectivity index (χ2v) is 1.77. The van der Waals surface area contributed by atoms with E-state index in [0.717, 1.165) is 0 Å². The molecule has 1 fully saturated rings. The lowest BCUT2D eigenvalue weighted by atomic mass is 10.3. The van der Waals surface area contributed by atoms with E-state index in [2.05, 4.69) is 11.3 Å².